The molecule has 9 heteroatoms. The summed E-state index contributed by atoms with van der Waals surface area (Å²) in [5.41, 5.74) is 1.52. The number of amides is 3. The molecule has 3 amide bonds. The van der Waals surface area contributed by atoms with E-state index in [4.69, 9.17) is 9.47 Å². The highest BCUT2D eigenvalue weighted by Crippen LogP contribution is 2.30. The number of aliphatic hydroxyl groups is 1. The van der Waals surface area contributed by atoms with Crippen LogP contribution in [-0.2, 0) is 4.74 Å². The molecule has 49 heavy (non-hydrogen) atoms. The average molecular weight is 673 g/mol. The van der Waals surface area contributed by atoms with E-state index in [1.54, 1.807) is 23.1 Å². The molecule has 9 nitrogen and oxygen atoms in total. The number of urea groups is 1. The number of hydrogen-bond donors (Lipinski definition) is 3. The number of ether oxygens (including phenoxy) is 2. The highest BCUT2D eigenvalue weighted by molar-refractivity contribution is 6.07. The van der Waals surface area contributed by atoms with Gasteiger partial charge < -0.3 is 35.0 Å². The van der Waals surface area contributed by atoms with Crippen molar-refractivity contribution in [2.24, 2.45) is 11.8 Å². The fourth-order valence-corrected chi connectivity index (χ4v) is 7.27. The number of carbonyl (C=O) groups is 2. The molecule has 2 aliphatic rings. The monoisotopic (exact) mass is 672 g/mol. The van der Waals surface area contributed by atoms with Gasteiger partial charge >= 0.3 is 6.03 Å². The molecule has 5 rings (SSSR count). The maximum Gasteiger partial charge on any atom is 0.323 e. The van der Waals surface area contributed by atoms with Crippen LogP contribution in [0.1, 0.15) is 82.5 Å². The lowest BCUT2D eigenvalue weighted by Crippen LogP contribution is -2.47. The Morgan fingerprint density at radius 2 is 1.71 bits per heavy atom. The molecule has 0 saturated heterocycles. The van der Waals surface area contributed by atoms with Crippen LogP contribution >= 0.6 is 0 Å². The summed E-state index contributed by atoms with van der Waals surface area (Å²) in [7, 11) is 2.19. The summed E-state index contributed by atoms with van der Waals surface area (Å²) in [5, 5.41) is 18.1. The van der Waals surface area contributed by atoms with Crippen LogP contribution in [0.5, 0.6) is 5.75 Å². The quantitative estimate of drug-likeness (QED) is 0.226. The lowest BCUT2D eigenvalue weighted by Gasteiger charge is -2.36. The Bertz CT molecular complexity index is 1520. The van der Waals surface area contributed by atoms with Crippen molar-refractivity contribution in [3.05, 3.63) is 66.2 Å². The minimum absolute atomic E-state index is 0.0192. The van der Waals surface area contributed by atoms with Crippen LogP contribution in [-0.4, -0.2) is 85.0 Å². The zero-order valence-corrected chi connectivity index (χ0v) is 29.8. The van der Waals surface area contributed by atoms with Crippen LogP contribution in [0.15, 0.2) is 60.7 Å². The SMILES string of the molecule is C[C@@H]1CCCCO[C@H](CN(C)CC2CCCCC2)[C@H](C)CN([C@H](C)CO)C(=O)c2cc(NC(=O)Nc3cccc4ccccc34)ccc2O1. The van der Waals surface area contributed by atoms with Crippen molar-refractivity contribution in [3.63, 3.8) is 0 Å². The summed E-state index contributed by atoms with van der Waals surface area (Å²) in [6, 6.07) is 18.0. The first-order chi connectivity index (χ1) is 23.7. The number of fused-ring (bicyclic) bond motifs is 2. The van der Waals surface area contributed by atoms with Gasteiger partial charge in [-0.05, 0) is 88.6 Å². The van der Waals surface area contributed by atoms with Crippen molar-refractivity contribution in [1.82, 2.24) is 9.80 Å². The fraction of sp³-hybridized carbons (Fsp3) is 0.550. The third-order valence-electron chi connectivity index (χ3n) is 10.1. The molecule has 1 fully saturated rings. The third kappa shape index (κ3) is 10.2. The number of hydrogen-bond acceptors (Lipinski definition) is 6. The normalized spacial score (nSPS) is 22.2. The van der Waals surface area contributed by atoms with Crippen LogP contribution in [0.25, 0.3) is 10.8 Å². The number of anilines is 2. The number of nitrogens with zero attached hydrogens (tertiary/aromatic N) is 2. The molecule has 3 aromatic rings. The second-order valence-corrected chi connectivity index (χ2v) is 14.3. The van der Waals surface area contributed by atoms with Crippen molar-refractivity contribution in [1.29, 1.82) is 0 Å². The van der Waals surface area contributed by atoms with Crippen molar-refractivity contribution >= 4 is 34.1 Å². The van der Waals surface area contributed by atoms with Gasteiger partial charge in [0.1, 0.15) is 5.75 Å². The first-order valence-corrected chi connectivity index (χ1v) is 18.3. The molecule has 0 unspecified atom stereocenters. The van der Waals surface area contributed by atoms with E-state index in [-0.39, 0.29) is 30.6 Å². The number of likely N-dealkylation sites (N-methyl/N-ethyl adjacent to an activating group) is 1. The van der Waals surface area contributed by atoms with Crippen LogP contribution in [0.3, 0.4) is 0 Å². The van der Waals surface area contributed by atoms with Gasteiger partial charge in [0.15, 0.2) is 0 Å². The molecular weight excluding hydrogens is 616 g/mol. The van der Waals surface area contributed by atoms with Gasteiger partial charge in [-0.3, -0.25) is 4.79 Å². The molecule has 1 heterocycles. The van der Waals surface area contributed by atoms with Crippen LogP contribution in [0.2, 0.25) is 0 Å². The first-order valence-electron chi connectivity index (χ1n) is 18.3. The van der Waals surface area contributed by atoms with Gasteiger partial charge in [-0.2, -0.15) is 0 Å². The van der Waals surface area contributed by atoms with Crippen molar-refractivity contribution in [2.45, 2.75) is 90.4 Å². The predicted molar refractivity (Wildman–Crippen MR) is 198 cm³/mol. The molecule has 4 atom stereocenters. The summed E-state index contributed by atoms with van der Waals surface area (Å²) in [6.07, 6.45) is 9.10. The minimum atomic E-state index is -0.431. The van der Waals surface area contributed by atoms with E-state index >= 15 is 0 Å². The minimum Gasteiger partial charge on any atom is -0.490 e. The zero-order chi connectivity index (χ0) is 34.8. The smallest absolute Gasteiger partial charge is 0.323 e. The predicted octanol–water partition coefficient (Wildman–Crippen LogP) is 7.79. The molecule has 0 radical (unpaired) electrons. The van der Waals surface area contributed by atoms with E-state index < -0.39 is 12.1 Å². The van der Waals surface area contributed by atoms with E-state index in [0.717, 1.165) is 49.0 Å². The molecule has 0 bridgehead atoms. The molecular formula is C40H56N4O5. The van der Waals surface area contributed by atoms with E-state index in [1.807, 2.05) is 56.3 Å². The average Bonchev–Trinajstić information content (AvgIpc) is 3.10. The van der Waals surface area contributed by atoms with Crippen molar-refractivity contribution in [2.75, 3.05) is 50.5 Å². The van der Waals surface area contributed by atoms with Gasteiger partial charge in [0.05, 0.1) is 36.1 Å². The molecule has 3 aromatic carbocycles. The highest BCUT2D eigenvalue weighted by Gasteiger charge is 2.31. The van der Waals surface area contributed by atoms with E-state index in [2.05, 4.69) is 29.5 Å². The Labute approximate surface area is 292 Å². The van der Waals surface area contributed by atoms with Gasteiger partial charge in [0.2, 0.25) is 0 Å². The van der Waals surface area contributed by atoms with Crippen LogP contribution in [0.4, 0.5) is 16.2 Å². The van der Waals surface area contributed by atoms with Crippen molar-refractivity contribution in [3.8, 4) is 5.75 Å². The van der Waals surface area contributed by atoms with Crippen LogP contribution in [0, 0.1) is 11.8 Å². The summed E-state index contributed by atoms with van der Waals surface area (Å²) in [5.74, 6) is 0.971. The Morgan fingerprint density at radius 3 is 2.51 bits per heavy atom. The summed E-state index contributed by atoms with van der Waals surface area (Å²) in [6.45, 7) is 8.78. The molecule has 266 valence electrons. The third-order valence-corrected chi connectivity index (χ3v) is 10.1. The van der Waals surface area contributed by atoms with Gasteiger partial charge in [-0.25, -0.2) is 4.79 Å². The number of aliphatic hydroxyl groups excluding tert-OH is 1. The summed E-state index contributed by atoms with van der Waals surface area (Å²) >= 11 is 0. The van der Waals surface area contributed by atoms with Gasteiger partial charge in [-0.1, -0.05) is 62.6 Å². The molecule has 1 aliphatic heterocycles. The van der Waals surface area contributed by atoms with Crippen LogP contribution < -0.4 is 15.4 Å². The Balaban J connectivity index is 1.37. The van der Waals surface area contributed by atoms with Gasteiger partial charge in [0.25, 0.3) is 5.91 Å². The maximum absolute atomic E-state index is 14.5. The Kier molecular flexibility index (Phi) is 13.3. The zero-order valence-electron chi connectivity index (χ0n) is 29.8. The lowest BCUT2D eigenvalue weighted by atomic mass is 9.89. The molecule has 0 aromatic heterocycles. The lowest BCUT2D eigenvalue weighted by molar-refractivity contribution is -0.0190. The van der Waals surface area contributed by atoms with E-state index in [0.29, 0.717) is 35.8 Å². The number of nitrogens with one attached hydrogen (secondary N) is 2. The number of carbonyl (C=O) groups excluding carboxylic acids is 2. The van der Waals surface area contributed by atoms with Gasteiger partial charge in [0, 0.05) is 43.2 Å². The fourth-order valence-electron chi connectivity index (χ4n) is 7.27. The Morgan fingerprint density at radius 1 is 0.959 bits per heavy atom. The molecule has 1 aliphatic carbocycles. The summed E-state index contributed by atoms with van der Waals surface area (Å²) < 4.78 is 12.9. The summed E-state index contributed by atoms with van der Waals surface area (Å²) in [4.78, 5) is 31.8. The standard InChI is InChI=1S/C40H56N4O5/c1-28-24-44(29(2)27-45)39(46)35-23-33(41-40(47)42-36-19-12-17-32-16-8-9-18-34(32)36)20-21-37(35)49-30(3)13-10-11-22-48-38(28)26-43(4)25-31-14-6-5-7-15-31/h8-9,12,16-21,23,28-31,38,45H,5-7,10-11,13-15,22,24-27H2,1-4H3,(H2,41,42,47)/t28-,29-,30-,38-/m1/s1. The second-order valence-electron chi connectivity index (χ2n) is 14.3. The molecule has 3 N–H and O–H groups in total. The van der Waals surface area contributed by atoms with Gasteiger partial charge in [-0.15, -0.1) is 0 Å². The van der Waals surface area contributed by atoms with Crippen molar-refractivity contribution < 1.29 is 24.2 Å². The molecule has 1 saturated carbocycles. The first kappa shape index (κ1) is 36.6. The highest BCUT2D eigenvalue weighted by atomic mass is 16.5. The Hall–Kier alpha value is -3.66. The topological polar surface area (TPSA) is 103 Å². The second kappa shape index (κ2) is 17.8. The maximum atomic E-state index is 14.5. The van der Waals surface area contributed by atoms with E-state index in [9.17, 15) is 14.7 Å². The largest absolute Gasteiger partial charge is 0.490 e. The van der Waals surface area contributed by atoms with E-state index in [1.165, 1.54) is 32.1 Å². The molecule has 0 spiro atoms. The number of benzene rings is 3. The number of rotatable bonds is 8.